The van der Waals surface area contributed by atoms with E-state index in [1.165, 1.54) is 44.7 Å². The third kappa shape index (κ3) is 2.09. The number of nitriles is 1. The SMILES string of the molecule is N#CCc1ccc(N2CCC3(CCNC3)C2)cc1. The molecule has 1 N–H and O–H groups in total. The highest BCUT2D eigenvalue weighted by Gasteiger charge is 2.40. The lowest BCUT2D eigenvalue weighted by Gasteiger charge is -2.24. The van der Waals surface area contributed by atoms with Crippen molar-refractivity contribution < 1.29 is 0 Å². The molecule has 1 aromatic rings. The van der Waals surface area contributed by atoms with Crippen molar-refractivity contribution in [2.45, 2.75) is 19.3 Å². The van der Waals surface area contributed by atoms with E-state index in [1.54, 1.807) is 0 Å². The summed E-state index contributed by atoms with van der Waals surface area (Å²) in [6.45, 7) is 4.70. The van der Waals surface area contributed by atoms with E-state index >= 15 is 0 Å². The largest absolute Gasteiger partial charge is 0.371 e. The van der Waals surface area contributed by atoms with Gasteiger partial charge in [0.05, 0.1) is 12.5 Å². The monoisotopic (exact) mass is 241 g/mol. The molecule has 0 radical (unpaired) electrons. The first-order valence-corrected chi connectivity index (χ1v) is 6.73. The molecule has 2 heterocycles. The molecule has 1 aromatic carbocycles. The lowest BCUT2D eigenvalue weighted by atomic mass is 9.86. The molecule has 1 atom stereocenters. The Morgan fingerprint density at radius 1 is 1.28 bits per heavy atom. The summed E-state index contributed by atoms with van der Waals surface area (Å²) in [7, 11) is 0. The van der Waals surface area contributed by atoms with Crippen LogP contribution in [0.2, 0.25) is 0 Å². The predicted molar refractivity (Wildman–Crippen MR) is 72.5 cm³/mol. The Morgan fingerprint density at radius 3 is 2.78 bits per heavy atom. The zero-order valence-electron chi connectivity index (χ0n) is 10.7. The molecule has 0 bridgehead atoms. The standard InChI is InChI=1S/C15H19N3/c16-8-5-13-1-3-14(4-2-13)18-10-7-15(12-18)6-9-17-11-15/h1-4,17H,5-7,9-12H2. The van der Waals surface area contributed by atoms with E-state index in [1.807, 2.05) is 0 Å². The van der Waals surface area contributed by atoms with Crippen LogP contribution in [0, 0.1) is 16.7 Å². The number of anilines is 1. The summed E-state index contributed by atoms with van der Waals surface area (Å²) in [5.41, 5.74) is 2.93. The molecular formula is C15H19N3. The maximum Gasteiger partial charge on any atom is 0.0669 e. The summed E-state index contributed by atoms with van der Waals surface area (Å²) in [5, 5.41) is 12.2. The third-order valence-electron chi connectivity index (χ3n) is 4.36. The van der Waals surface area contributed by atoms with E-state index in [0.717, 1.165) is 5.56 Å². The molecule has 94 valence electrons. The zero-order chi connectivity index (χ0) is 12.4. The van der Waals surface area contributed by atoms with Gasteiger partial charge in [0.25, 0.3) is 0 Å². The van der Waals surface area contributed by atoms with E-state index in [-0.39, 0.29) is 0 Å². The van der Waals surface area contributed by atoms with E-state index in [2.05, 4.69) is 40.6 Å². The minimum absolute atomic E-state index is 0.508. The quantitative estimate of drug-likeness (QED) is 0.860. The van der Waals surface area contributed by atoms with Gasteiger partial charge in [0.1, 0.15) is 0 Å². The molecule has 3 nitrogen and oxygen atoms in total. The number of hydrogen-bond donors (Lipinski definition) is 1. The van der Waals surface area contributed by atoms with Crippen LogP contribution in [0.1, 0.15) is 18.4 Å². The predicted octanol–water partition coefficient (Wildman–Crippen LogP) is 1.94. The van der Waals surface area contributed by atoms with E-state index in [4.69, 9.17) is 5.26 Å². The lowest BCUT2D eigenvalue weighted by Crippen LogP contribution is -2.29. The molecule has 2 aliphatic heterocycles. The van der Waals surface area contributed by atoms with Crippen LogP contribution in [0.25, 0.3) is 0 Å². The summed E-state index contributed by atoms with van der Waals surface area (Å²) >= 11 is 0. The Balaban J connectivity index is 1.70. The second-order valence-corrected chi connectivity index (χ2v) is 5.60. The fourth-order valence-electron chi connectivity index (χ4n) is 3.22. The number of nitrogens with one attached hydrogen (secondary N) is 1. The maximum absolute atomic E-state index is 8.67. The molecule has 0 aromatic heterocycles. The topological polar surface area (TPSA) is 39.1 Å². The summed E-state index contributed by atoms with van der Waals surface area (Å²) in [6.07, 6.45) is 3.13. The molecule has 0 aliphatic carbocycles. The minimum Gasteiger partial charge on any atom is -0.371 e. The molecule has 1 unspecified atom stereocenters. The van der Waals surface area contributed by atoms with Gasteiger partial charge >= 0.3 is 0 Å². The van der Waals surface area contributed by atoms with Crippen LogP contribution >= 0.6 is 0 Å². The van der Waals surface area contributed by atoms with Crippen LogP contribution in [-0.2, 0) is 6.42 Å². The molecule has 1 spiro atoms. The van der Waals surface area contributed by atoms with Gasteiger partial charge in [-0.3, -0.25) is 0 Å². The van der Waals surface area contributed by atoms with Crippen LogP contribution in [0.5, 0.6) is 0 Å². The van der Waals surface area contributed by atoms with Crippen LogP contribution in [-0.4, -0.2) is 26.2 Å². The Labute approximate surface area is 108 Å². The minimum atomic E-state index is 0.508. The van der Waals surface area contributed by atoms with Gasteiger partial charge in [-0.05, 0) is 37.1 Å². The Kier molecular flexibility index (Phi) is 2.97. The van der Waals surface area contributed by atoms with Crippen LogP contribution in [0.15, 0.2) is 24.3 Å². The van der Waals surface area contributed by atoms with E-state index < -0.39 is 0 Å². The first-order valence-electron chi connectivity index (χ1n) is 6.73. The van der Waals surface area contributed by atoms with Crippen molar-refractivity contribution in [3.05, 3.63) is 29.8 Å². The van der Waals surface area contributed by atoms with Gasteiger partial charge in [0.2, 0.25) is 0 Å². The highest BCUT2D eigenvalue weighted by molar-refractivity contribution is 5.49. The molecule has 2 saturated heterocycles. The van der Waals surface area contributed by atoms with Crippen molar-refractivity contribution >= 4 is 5.69 Å². The summed E-state index contributed by atoms with van der Waals surface area (Å²) in [5.74, 6) is 0. The normalized spacial score (nSPS) is 26.7. The lowest BCUT2D eigenvalue weighted by molar-refractivity contribution is 0.369. The van der Waals surface area contributed by atoms with E-state index in [0.29, 0.717) is 11.8 Å². The van der Waals surface area contributed by atoms with Gasteiger partial charge in [0, 0.05) is 30.7 Å². The zero-order valence-corrected chi connectivity index (χ0v) is 10.7. The van der Waals surface area contributed by atoms with Gasteiger partial charge in [-0.25, -0.2) is 0 Å². The van der Waals surface area contributed by atoms with Crippen molar-refractivity contribution in [3.8, 4) is 6.07 Å². The molecule has 3 heteroatoms. The summed E-state index contributed by atoms with van der Waals surface area (Å²) < 4.78 is 0. The van der Waals surface area contributed by atoms with E-state index in [9.17, 15) is 0 Å². The van der Waals surface area contributed by atoms with Gasteiger partial charge in [-0.15, -0.1) is 0 Å². The molecule has 0 amide bonds. The van der Waals surface area contributed by atoms with Crippen LogP contribution in [0.4, 0.5) is 5.69 Å². The highest BCUT2D eigenvalue weighted by Crippen LogP contribution is 2.38. The van der Waals surface area contributed by atoms with Crippen molar-refractivity contribution in [3.63, 3.8) is 0 Å². The van der Waals surface area contributed by atoms with Crippen LogP contribution < -0.4 is 10.2 Å². The van der Waals surface area contributed by atoms with Crippen molar-refractivity contribution in [1.82, 2.24) is 5.32 Å². The highest BCUT2D eigenvalue weighted by atomic mass is 15.2. The summed E-state index contributed by atoms with van der Waals surface area (Å²) in [4.78, 5) is 2.49. The van der Waals surface area contributed by atoms with Crippen molar-refractivity contribution in [2.75, 3.05) is 31.1 Å². The third-order valence-corrected chi connectivity index (χ3v) is 4.36. The average Bonchev–Trinajstić information content (AvgIpc) is 3.02. The van der Waals surface area contributed by atoms with Crippen LogP contribution in [0.3, 0.4) is 0 Å². The van der Waals surface area contributed by atoms with Gasteiger partial charge in [0.15, 0.2) is 0 Å². The fraction of sp³-hybridized carbons (Fsp3) is 0.533. The van der Waals surface area contributed by atoms with Gasteiger partial charge < -0.3 is 10.2 Å². The number of nitrogens with zero attached hydrogens (tertiary/aromatic N) is 2. The maximum atomic E-state index is 8.67. The number of hydrogen-bond acceptors (Lipinski definition) is 3. The molecule has 2 aliphatic rings. The number of rotatable bonds is 2. The first-order chi connectivity index (χ1) is 8.81. The first kappa shape index (κ1) is 11.6. The number of benzene rings is 1. The molecular weight excluding hydrogens is 222 g/mol. The fourth-order valence-corrected chi connectivity index (χ4v) is 3.22. The van der Waals surface area contributed by atoms with Crippen molar-refractivity contribution in [2.24, 2.45) is 5.41 Å². The molecule has 18 heavy (non-hydrogen) atoms. The Morgan fingerprint density at radius 2 is 2.11 bits per heavy atom. The smallest absolute Gasteiger partial charge is 0.0669 e. The molecule has 0 saturated carbocycles. The Hall–Kier alpha value is -1.53. The molecule has 2 fully saturated rings. The second kappa shape index (κ2) is 4.62. The Bertz CT molecular complexity index is 452. The average molecular weight is 241 g/mol. The molecule has 3 rings (SSSR count). The van der Waals surface area contributed by atoms with Gasteiger partial charge in [-0.1, -0.05) is 12.1 Å². The summed E-state index contributed by atoms with van der Waals surface area (Å²) in [6, 6.07) is 10.7. The van der Waals surface area contributed by atoms with Gasteiger partial charge in [-0.2, -0.15) is 5.26 Å². The van der Waals surface area contributed by atoms with Crippen molar-refractivity contribution in [1.29, 1.82) is 5.26 Å². The second-order valence-electron chi connectivity index (χ2n) is 5.60.